The van der Waals surface area contributed by atoms with Gasteiger partial charge in [-0.15, -0.1) is 0 Å². The summed E-state index contributed by atoms with van der Waals surface area (Å²) in [6, 6.07) is 18.0. The molecule has 7 heteroatoms. The van der Waals surface area contributed by atoms with Crippen LogP contribution in [0.25, 0.3) is 0 Å². The Balaban J connectivity index is 1.73. The fourth-order valence-electron chi connectivity index (χ4n) is 2.39. The molecular formula is C20H17FN2O3S. The quantitative estimate of drug-likeness (QED) is 0.693. The number of nitrogens with one attached hydrogen (secondary N) is 2. The number of carbonyl (C=O) groups excluding carboxylic acids is 1. The highest BCUT2D eigenvalue weighted by molar-refractivity contribution is 7.92. The molecule has 0 aliphatic carbocycles. The second-order valence-electron chi connectivity index (χ2n) is 5.96. The number of aryl methyl sites for hydroxylation is 1. The highest BCUT2D eigenvalue weighted by atomic mass is 32.2. The van der Waals surface area contributed by atoms with Gasteiger partial charge in [-0.1, -0.05) is 23.8 Å². The van der Waals surface area contributed by atoms with Crippen LogP contribution in [0, 0.1) is 12.7 Å². The minimum absolute atomic E-state index is 0.0290. The molecule has 0 heterocycles. The molecule has 0 saturated carbocycles. The van der Waals surface area contributed by atoms with Crippen LogP contribution in [0.4, 0.5) is 15.8 Å². The number of halogens is 1. The molecule has 0 aromatic heterocycles. The Kier molecular flexibility index (Phi) is 5.23. The maximum absolute atomic E-state index is 13.2. The summed E-state index contributed by atoms with van der Waals surface area (Å²) >= 11 is 0. The predicted molar refractivity (Wildman–Crippen MR) is 103 cm³/mol. The molecule has 0 bridgehead atoms. The van der Waals surface area contributed by atoms with Crippen LogP contribution in [0.3, 0.4) is 0 Å². The SMILES string of the molecule is Cc1ccc(NC(=O)c2ccc(S(=O)(=O)Nc3cccc(F)c3)cc2)cc1. The average molecular weight is 384 g/mol. The zero-order chi connectivity index (χ0) is 19.4. The van der Waals surface area contributed by atoms with Crippen LogP contribution in [0.5, 0.6) is 0 Å². The molecule has 27 heavy (non-hydrogen) atoms. The van der Waals surface area contributed by atoms with Crippen molar-refractivity contribution in [1.82, 2.24) is 0 Å². The molecule has 3 rings (SSSR count). The van der Waals surface area contributed by atoms with Crippen molar-refractivity contribution in [2.45, 2.75) is 11.8 Å². The molecule has 2 N–H and O–H groups in total. The van der Waals surface area contributed by atoms with E-state index >= 15 is 0 Å². The number of benzene rings is 3. The highest BCUT2D eigenvalue weighted by Crippen LogP contribution is 2.18. The van der Waals surface area contributed by atoms with Gasteiger partial charge >= 0.3 is 0 Å². The van der Waals surface area contributed by atoms with E-state index in [0.717, 1.165) is 11.6 Å². The van der Waals surface area contributed by atoms with Crippen molar-refractivity contribution in [2.75, 3.05) is 10.0 Å². The van der Waals surface area contributed by atoms with Crippen molar-refractivity contribution in [3.8, 4) is 0 Å². The first-order valence-corrected chi connectivity index (χ1v) is 9.58. The summed E-state index contributed by atoms with van der Waals surface area (Å²) in [6.45, 7) is 1.95. The van der Waals surface area contributed by atoms with Gasteiger partial charge in [0.15, 0.2) is 0 Å². The van der Waals surface area contributed by atoms with E-state index in [0.29, 0.717) is 11.3 Å². The Hall–Kier alpha value is -3.19. The summed E-state index contributed by atoms with van der Waals surface area (Å²) < 4.78 is 40.3. The van der Waals surface area contributed by atoms with Crippen LogP contribution in [0.15, 0.2) is 77.7 Å². The van der Waals surface area contributed by atoms with Crippen molar-refractivity contribution in [2.24, 2.45) is 0 Å². The molecule has 0 radical (unpaired) electrons. The molecule has 138 valence electrons. The Morgan fingerprint density at radius 3 is 2.19 bits per heavy atom. The Morgan fingerprint density at radius 2 is 1.56 bits per heavy atom. The zero-order valence-electron chi connectivity index (χ0n) is 14.4. The summed E-state index contributed by atoms with van der Waals surface area (Å²) in [6.07, 6.45) is 0. The van der Waals surface area contributed by atoms with Crippen LogP contribution in [-0.2, 0) is 10.0 Å². The lowest BCUT2D eigenvalue weighted by Gasteiger charge is -2.09. The van der Waals surface area contributed by atoms with E-state index in [9.17, 15) is 17.6 Å². The summed E-state index contributed by atoms with van der Waals surface area (Å²) in [4.78, 5) is 12.2. The summed E-state index contributed by atoms with van der Waals surface area (Å²) in [7, 11) is -3.88. The van der Waals surface area contributed by atoms with Crippen molar-refractivity contribution < 1.29 is 17.6 Å². The lowest BCUT2D eigenvalue weighted by atomic mass is 10.2. The van der Waals surface area contributed by atoms with E-state index in [1.54, 1.807) is 12.1 Å². The fourth-order valence-corrected chi connectivity index (χ4v) is 3.44. The average Bonchev–Trinajstić information content (AvgIpc) is 2.63. The van der Waals surface area contributed by atoms with E-state index < -0.39 is 15.8 Å². The van der Waals surface area contributed by atoms with Gasteiger partial charge in [-0.05, 0) is 61.5 Å². The summed E-state index contributed by atoms with van der Waals surface area (Å²) in [5.41, 5.74) is 2.17. The Bertz CT molecular complexity index is 1060. The van der Waals surface area contributed by atoms with Crippen LogP contribution in [0.2, 0.25) is 0 Å². The molecule has 0 saturated heterocycles. The molecule has 0 aliphatic rings. The molecule has 0 fully saturated rings. The van der Waals surface area contributed by atoms with E-state index in [1.165, 1.54) is 42.5 Å². The largest absolute Gasteiger partial charge is 0.322 e. The lowest BCUT2D eigenvalue weighted by Crippen LogP contribution is -2.15. The number of sulfonamides is 1. The number of amides is 1. The predicted octanol–water partition coefficient (Wildman–Crippen LogP) is 4.19. The molecule has 0 aliphatic heterocycles. The number of hydrogen-bond acceptors (Lipinski definition) is 3. The normalized spacial score (nSPS) is 11.0. The number of anilines is 2. The number of carbonyl (C=O) groups is 1. The first kappa shape index (κ1) is 18.6. The van der Waals surface area contributed by atoms with Crippen molar-refractivity contribution >= 4 is 27.3 Å². The van der Waals surface area contributed by atoms with Gasteiger partial charge < -0.3 is 5.32 Å². The van der Waals surface area contributed by atoms with Gasteiger partial charge in [-0.2, -0.15) is 0 Å². The van der Waals surface area contributed by atoms with Gasteiger partial charge in [0, 0.05) is 11.3 Å². The maximum Gasteiger partial charge on any atom is 0.261 e. The van der Waals surface area contributed by atoms with Gasteiger partial charge in [0.25, 0.3) is 15.9 Å². The van der Waals surface area contributed by atoms with Gasteiger partial charge in [-0.3, -0.25) is 9.52 Å². The number of rotatable bonds is 5. The van der Waals surface area contributed by atoms with Crippen molar-refractivity contribution in [3.05, 3.63) is 89.7 Å². The topological polar surface area (TPSA) is 75.3 Å². The van der Waals surface area contributed by atoms with Crippen molar-refractivity contribution in [3.63, 3.8) is 0 Å². The third-order valence-electron chi connectivity index (χ3n) is 3.81. The molecule has 0 atom stereocenters. The second kappa shape index (κ2) is 7.59. The van der Waals surface area contributed by atoms with Gasteiger partial charge in [0.1, 0.15) is 5.82 Å². The van der Waals surface area contributed by atoms with E-state index in [-0.39, 0.29) is 16.5 Å². The molecule has 0 unspecified atom stereocenters. The van der Waals surface area contributed by atoms with Crippen molar-refractivity contribution in [1.29, 1.82) is 0 Å². The zero-order valence-corrected chi connectivity index (χ0v) is 15.3. The summed E-state index contributed by atoms with van der Waals surface area (Å²) in [5.74, 6) is -0.890. The van der Waals surface area contributed by atoms with E-state index in [4.69, 9.17) is 0 Å². The van der Waals surface area contributed by atoms with Crippen LogP contribution in [-0.4, -0.2) is 14.3 Å². The lowest BCUT2D eigenvalue weighted by molar-refractivity contribution is 0.102. The molecular weight excluding hydrogens is 367 g/mol. The number of hydrogen-bond donors (Lipinski definition) is 2. The van der Waals surface area contributed by atoms with Crippen LogP contribution >= 0.6 is 0 Å². The highest BCUT2D eigenvalue weighted by Gasteiger charge is 2.15. The first-order chi connectivity index (χ1) is 12.8. The van der Waals surface area contributed by atoms with Gasteiger partial charge in [0.2, 0.25) is 0 Å². The van der Waals surface area contributed by atoms with Gasteiger partial charge in [-0.25, -0.2) is 12.8 Å². The Labute approximate surface area is 156 Å². The maximum atomic E-state index is 13.2. The minimum atomic E-state index is -3.88. The second-order valence-corrected chi connectivity index (χ2v) is 7.64. The molecule has 3 aromatic carbocycles. The van der Waals surface area contributed by atoms with Crippen LogP contribution in [0.1, 0.15) is 15.9 Å². The molecule has 0 spiro atoms. The molecule has 1 amide bonds. The van der Waals surface area contributed by atoms with E-state index in [2.05, 4.69) is 10.0 Å². The third kappa shape index (κ3) is 4.71. The standard InChI is InChI=1S/C20H17FN2O3S/c1-14-5-9-17(10-6-14)22-20(24)15-7-11-19(12-8-15)27(25,26)23-18-4-2-3-16(21)13-18/h2-13,23H,1H3,(H,22,24). The third-order valence-corrected chi connectivity index (χ3v) is 5.21. The summed E-state index contributed by atoms with van der Waals surface area (Å²) in [5, 5.41) is 2.74. The van der Waals surface area contributed by atoms with E-state index in [1.807, 2.05) is 19.1 Å². The van der Waals surface area contributed by atoms with Gasteiger partial charge in [0.05, 0.1) is 10.6 Å². The molecule has 3 aromatic rings. The Morgan fingerprint density at radius 1 is 0.889 bits per heavy atom. The fraction of sp³-hybridized carbons (Fsp3) is 0.0500. The minimum Gasteiger partial charge on any atom is -0.322 e. The monoisotopic (exact) mass is 384 g/mol. The molecule has 5 nitrogen and oxygen atoms in total. The van der Waals surface area contributed by atoms with Crippen LogP contribution < -0.4 is 10.0 Å². The smallest absolute Gasteiger partial charge is 0.261 e. The first-order valence-electron chi connectivity index (χ1n) is 8.10.